The zero-order valence-corrected chi connectivity index (χ0v) is 16.3. The van der Waals surface area contributed by atoms with E-state index >= 15 is 0 Å². The van der Waals surface area contributed by atoms with Gasteiger partial charge in [-0.25, -0.2) is 4.98 Å². The van der Waals surface area contributed by atoms with E-state index in [-0.39, 0.29) is 41.8 Å². The summed E-state index contributed by atoms with van der Waals surface area (Å²) in [5, 5.41) is 2.66. The number of imide groups is 1. The van der Waals surface area contributed by atoms with E-state index in [4.69, 9.17) is 16.3 Å². The van der Waals surface area contributed by atoms with Gasteiger partial charge in [0, 0.05) is 12.7 Å². The second-order valence-electron chi connectivity index (χ2n) is 7.04. The van der Waals surface area contributed by atoms with Gasteiger partial charge in [-0.15, -0.1) is 0 Å². The normalized spacial score (nSPS) is 22.6. The molecule has 1 aromatic rings. The molecule has 9 heteroatoms. The molecule has 2 fully saturated rings. The average Bonchev–Trinajstić information content (AvgIpc) is 2.92. The second-order valence-corrected chi connectivity index (χ2v) is 7.40. The molecular weight excluding hydrogens is 386 g/mol. The number of rotatable bonds is 6. The van der Waals surface area contributed by atoms with Crippen molar-refractivity contribution < 1.29 is 23.9 Å². The van der Waals surface area contributed by atoms with Crippen molar-refractivity contribution in [3.63, 3.8) is 0 Å². The molecule has 3 amide bonds. The number of carbonyl (C=O) groups is 4. The second kappa shape index (κ2) is 8.68. The summed E-state index contributed by atoms with van der Waals surface area (Å²) in [5.74, 6) is -2.09. The number of fused-ring (bicyclic) bond motifs is 1. The number of carbonyl (C=O) groups excluding carboxylic acids is 4. The Kier molecular flexibility index (Phi) is 6.28. The third-order valence-electron chi connectivity index (χ3n) is 5.17. The van der Waals surface area contributed by atoms with Gasteiger partial charge in [0.15, 0.2) is 11.3 Å². The van der Waals surface area contributed by atoms with E-state index in [1.807, 2.05) is 0 Å². The van der Waals surface area contributed by atoms with Crippen molar-refractivity contribution >= 4 is 41.0 Å². The van der Waals surface area contributed by atoms with Crippen molar-refractivity contribution in [2.24, 2.45) is 11.8 Å². The molecule has 8 nitrogen and oxygen atoms in total. The minimum atomic E-state index is -1.06. The van der Waals surface area contributed by atoms with E-state index in [9.17, 15) is 19.2 Å². The summed E-state index contributed by atoms with van der Waals surface area (Å²) in [5.41, 5.74) is 0.313. The fourth-order valence-corrected chi connectivity index (χ4v) is 3.84. The number of aromatic nitrogens is 1. The Hall–Kier alpha value is -2.48. The molecule has 1 saturated heterocycles. The van der Waals surface area contributed by atoms with Gasteiger partial charge in [0.1, 0.15) is 0 Å². The van der Waals surface area contributed by atoms with Crippen molar-refractivity contribution in [2.45, 2.75) is 45.1 Å². The Morgan fingerprint density at radius 1 is 1.29 bits per heavy atom. The minimum absolute atomic E-state index is 0.0216. The van der Waals surface area contributed by atoms with E-state index in [2.05, 4.69) is 10.3 Å². The summed E-state index contributed by atoms with van der Waals surface area (Å²) in [6.45, 7) is 1.41. The Balaban J connectivity index is 1.48. The molecule has 1 aliphatic heterocycles. The van der Waals surface area contributed by atoms with E-state index in [0.717, 1.165) is 25.7 Å². The Morgan fingerprint density at radius 2 is 1.93 bits per heavy atom. The van der Waals surface area contributed by atoms with Crippen LogP contribution in [0.3, 0.4) is 0 Å². The first-order chi connectivity index (χ1) is 13.4. The van der Waals surface area contributed by atoms with Gasteiger partial charge < -0.3 is 10.1 Å². The molecular formula is C19H22ClN3O5. The number of esters is 1. The minimum Gasteiger partial charge on any atom is -0.452 e. The first-order valence-electron chi connectivity index (χ1n) is 9.34. The highest BCUT2D eigenvalue weighted by atomic mass is 35.5. The van der Waals surface area contributed by atoms with Crippen LogP contribution in [0.2, 0.25) is 5.15 Å². The van der Waals surface area contributed by atoms with Crippen molar-refractivity contribution in [1.29, 1.82) is 0 Å². The SMILES string of the molecule is C[C@H](OC(=O)CCN1C(=O)[C@H]2CCCC[C@@H]2C1=O)C(=O)Nc1cccnc1Cl. The summed E-state index contributed by atoms with van der Waals surface area (Å²) < 4.78 is 5.11. The van der Waals surface area contributed by atoms with E-state index in [0.29, 0.717) is 5.69 Å². The number of halogens is 1. The van der Waals surface area contributed by atoms with Crippen LogP contribution >= 0.6 is 11.6 Å². The van der Waals surface area contributed by atoms with Crippen LogP contribution in [0.5, 0.6) is 0 Å². The number of pyridine rings is 1. The summed E-state index contributed by atoms with van der Waals surface area (Å²) >= 11 is 5.88. The predicted octanol–water partition coefficient (Wildman–Crippen LogP) is 2.17. The lowest BCUT2D eigenvalue weighted by Gasteiger charge is -2.19. The molecule has 2 heterocycles. The van der Waals surface area contributed by atoms with Crippen molar-refractivity contribution in [1.82, 2.24) is 9.88 Å². The number of likely N-dealkylation sites (tertiary alicyclic amines) is 1. The van der Waals surface area contributed by atoms with Gasteiger partial charge in [-0.05, 0) is 31.9 Å². The number of nitrogens with zero attached hydrogens (tertiary/aromatic N) is 2. The molecule has 1 aromatic heterocycles. The molecule has 1 N–H and O–H groups in total. The number of amides is 3. The molecule has 0 aromatic carbocycles. The lowest BCUT2D eigenvalue weighted by molar-refractivity contribution is -0.154. The molecule has 3 atom stereocenters. The third kappa shape index (κ3) is 4.32. The summed E-state index contributed by atoms with van der Waals surface area (Å²) in [4.78, 5) is 54.0. The number of ether oxygens (including phenoxy) is 1. The summed E-state index contributed by atoms with van der Waals surface area (Å²) in [6, 6.07) is 3.19. The number of hydrogen-bond donors (Lipinski definition) is 1. The maximum absolute atomic E-state index is 12.4. The van der Waals surface area contributed by atoms with Crippen LogP contribution in [0.1, 0.15) is 39.0 Å². The fourth-order valence-electron chi connectivity index (χ4n) is 3.68. The van der Waals surface area contributed by atoms with Gasteiger partial charge in [0.05, 0.1) is 23.9 Å². The topological polar surface area (TPSA) is 106 Å². The maximum Gasteiger partial charge on any atom is 0.308 e. The van der Waals surface area contributed by atoms with Crippen molar-refractivity contribution in [3.8, 4) is 0 Å². The van der Waals surface area contributed by atoms with E-state index in [1.165, 1.54) is 18.0 Å². The zero-order valence-electron chi connectivity index (χ0n) is 15.5. The van der Waals surface area contributed by atoms with Gasteiger partial charge in [0.25, 0.3) is 5.91 Å². The van der Waals surface area contributed by atoms with Gasteiger partial charge >= 0.3 is 5.97 Å². The summed E-state index contributed by atoms with van der Waals surface area (Å²) in [7, 11) is 0. The molecule has 0 unspecified atom stereocenters. The van der Waals surface area contributed by atoms with Crippen LogP contribution in [0, 0.1) is 11.8 Å². The van der Waals surface area contributed by atoms with Crippen LogP contribution in [0.4, 0.5) is 5.69 Å². The molecule has 0 bridgehead atoms. The molecule has 2 aliphatic rings. The fraction of sp³-hybridized carbons (Fsp3) is 0.526. The molecule has 1 aliphatic carbocycles. The number of anilines is 1. The van der Waals surface area contributed by atoms with Crippen LogP contribution in [0.25, 0.3) is 0 Å². The highest BCUT2D eigenvalue weighted by molar-refractivity contribution is 6.32. The van der Waals surface area contributed by atoms with Crippen molar-refractivity contribution in [3.05, 3.63) is 23.5 Å². The quantitative estimate of drug-likeness (QED) is 0.440. The standard InChI is InChI=1S/C19H22ClN3O5/c1-11(17(25)22-14-7-4-9-21-16(14)20)28-15(24)8-10-23-18(26)12-5-2-3-6-13(12)19(23)27/h4,7,9,11-13H,2-3,5-6,8,10H2,1H3,(H,22,25)/t11-,12-,13-/m0/s1. The molecule has 28 heavy (non-hydrogen) atoms. The smallest absolute Gasteiger partial charge is 0.308 e. The van der Waals surface area contributed by atoms with Crippen LogP contribution in [-0.4, -0.2) is 46.2 Å². The Bertz CT molecular complexity index is 776. The van der Waals surface area contributed by atoms with E-state index < -0.39 is 18.0 Å². The largest absolute Gasteiger partial charge is 0.452 e. The monoisotopic (exact) mass is 407 g/mol. The van der Waals surface area contributed by atoms with Crippen LogP contribution < -0.4 is 5.32 Å². The molecule has 1 saturated carbocycles. The van der Waals surface area contributed by atoms with Gasteiger partial charge in [0.2, 0.25) is 11.8 Å². The number of hydrogen-bond acceptors (Lipinski definition) is 6. The lowest BCUT2D eigenvalue weighted by Crippen LogP contribution is -2.35. The summed E-state index contributed by atoms with van der Waals surface area (Å²) in [6.07, 6.45) is 3.62. The Morgan fingerprint density at radius 3 is 2.54 bits per heavy atom. The van der Waals surface area contributed by atoms with Crippen molar-refractivity contribution in [2.75, 3.05) is 11.9 Å². The highest BCUT2D eigenvalue weighted by Gasteiger charge is 2.47. The number of nitrogens with one attached hydrogen (secondary N) is 1. The van der Waals surface area contributed by atoms with Gasteiger partial charge in [-0.3, -0.25) is 24.1 Å². The molecule has 150 valence electrons. The average molecular weight is 408 g/mol. The predicted molar refractivity (Wildman–Crippen MR) is 100 cm³/mol. The molecule has 3 rings (SSSR count). The first-order valence-corrected chi connectivity index (χ1v) is 9.72. The van der Waals surface area contributed by atoms with Gasteiger partial charge in [-0.1, -0.05) is 24.4 Å². The molecule has 0 spiro atoms. The van der Waals surface area contributed by atoms with Gasteiger partial charge in [-0.2, -0.15) is 0 Å². The first kappa shape index (κ1) is 20.3. The van der Waals surface area contributed by atoms with E-state index in [1.54, 1.807) is 12.1 Å². The van der Waals surface area contributed by atoms with Crippen LogP contribution in [-0.2, 0) is 23.9 Å². The highest BCUT2D eigenvalue weighted by Crippen LogP contribution is 2.37. The van der Waals surface area contributed by atoms with Crippen LogP contribution in [0.15, 0.2) is 18.3 Å². The molecule has 0 radical (unpaired) electrons. The third-order valence-corrected chi connectivity index (χ3v) is 5.47. The zero-order chi connectivity index (χ0) is 20.3. The maximum atomic E-state index is 12.4. The Labute approximate surface area is 167 Å². The lowest BCUT2D eigenvalue weighted by atomic mass is 9.81.